The van der Waals surface area contributed by atoms with Crippen LogP contribution in [0.3, 0.4) is 0 Å². The van der Waals surface area contributed by atoms with Crippen LogP contribution in [0.1, 0.15) is 43.6 Å². The molecule has 1 aromatic carbocycles. The SMILES string of the molecule is CN=C(NCC1(CCOC)CCC1)NC1CC1c1c(F)cccc1F. The number of ether oxygens (including phenoxy) is 1. The smallest absolute Gasteiger partial charge is 0.191 e. The summed E-state index contributed by atoms with van der Waals surface area (Å²) in [6.07, 6.45) is 5.42. The molecule has 3 rings (SSSR count). The van der Waals surface area contributed by atoms with Crippen molar-refractivity contribution in [1.82, 2.24) is 10.6 Å². The maximum absolute atomic E-state index is 13.9. The zero-order chi connectivity index (χ0) is 17.9. The molecule has 0 heterocycles. The van der Waals surface area contributed by atoms with Crippen molar-refractivity contribution >= 4 is 5.96 Å². The van der Waals surface area contributed by atoms with E-state index in [0.29, 0.717) is 12.4 Å². The Labute approximate surface area is 148 Å². The Morgan fingerprint density at radius 1 is 1.32 bits per heavy atom. The van der Waals surface area contributed by atoms with Crippen molar-refractivity contribution in [3.63, 3.8) is 0 Å². The number of halogens is 2. The van der Waals surface area contributed by atoms with Crippen molar-refractivity contribution in [3.05, 3.63) is 35.4 Å². The first-order valence-corrected chi connectivity index (χ1v) is 8.98. The fraction of sp³-hybridized carbons (Fsp3) is 0.632. The third kappa shape index (κ3) is 4.11. The minimum atomic E-state index is -0.467. The predicted molar refractivity (Wildman–Crippen MR) is 94.8 cm³/mol. The first kappa shape index (κ1) is 18.1. The molecule has 2 aliphatic rings. The van der Waals surface area contributed by atoms with Gasteiger partial charge in [0.25, 0.3) is 0 Å². The molecule has 0 radical (unpaired) electrons. The number of nitrogens with one attached hydrogen (secondary N) is 2. The molecule has 2 fully saturated rings. The monoisotopic (exact) mass is 351 g/mol. The Bertz CT molecular complexity index is 611. The van der Waals surface area contributed by atoms with E-state index in [1.807, 2.05) is 0 Å². The fourth-order valence-electron chi connectivity index (χ4n) is 3.69. The quantitative estimate of drug-likeness (QED) is 0.586. The van der Waals surface area contributed by atoms with E-state index in [0.717, 1.165) is 19.6 Å². The van der Waals surface area contributed by atoms with Gasteiger partial charge in [-0.2, -0.15) is 0 Å². The molecule has 2 atom stereocenters. The summed E-state index contributed by atoms with van der Waals surface area (Å²) >= 11 is 0. The highest BCUT2D eigenvalue weighted by molar-refractivity contribution is 5.80. The third-order valence-corrected chi connectivity index (χ3v) is 5.59. The van der Waals surface area contributed by atoms with Gasteiger partial charge in [0.05, 0.1) is 0 Å². The van der Waals surface area contributed by atoms with Crippen molar-refractivity contribution < 1.29 is 13.5 Å². The van der Waals surface area contributed by atoms with E-state index in [1.54, 1.807) is 14.2 Å². The first-order chi connectivity index (χ1) is 12.1. The van der Waals surface area contributed by atoms with Gasteiger partial charge in [-0.15, -0.1) is 0 Å². The van der Waals surface area contributed by atoms with E-state index in [9.17, 15) is 8.78 Å². The van der Waals surface area contributed by atoms with Crippen molar-refractivity contribution in [1.29, 1.82) is 0 Å². The standard InChI is InChI=1S/C19H27F2N3O/c1-22-18(23-12-19(7-4-8-19)9-10-25-2)24-16-11-13(16)17-14(20)5-3-6-15(17)21/h3,5-6,13,16H,4,7-12H2,1-2H3,(H2,22,23,24). The van der Waals surface area contributed by atoms with E-state index in [2.05, 4.69) is 15.6 Å². The number of benzene rings is 1. The van der Waals surface area contributed by atoms with Gasteiger partial charge in [0, 0.05) is 44.8 Å². The molecule has 1 aromatic rings. The largest absolute Gasteiger partial charge is 0.385 e. The van der Waals surface area contributed by atoms with Gasteiger partial charge < -0.3 is 15.4 Å². The fourth-order valence-corrected chi connectivity index (χ4v) is 3.69. The Morgan fingerprint density at radius 3 is 2.60 bits per heavy atom. The molecule has 0 saturated heterocycles. The van der Waals surface area contributed by atoms with Gasteiger partial charge in [-0.25, -0.2) is 8.78 Å². The summed E-state index contributed by atoms with van der Waals surface area (Å²) < 4.78 is 33.0. The zero-order valence-electron chi connectivity index (χ0n) is 14.9. The van der Waals surface area contributed by atoms with Gasteiger partial charge in [-0.05, 0) is 43.2 Å². The van der Waals surface area contributed by atoms with Gasteiger partial charge in [0.2, 0.25) is 0 Å². The molecule has 4 nitrogen and oxygen atoms in total. The lowest BCUT2D eigenvalue weighted by Crippen LogP contribution is -2.47. The van der Waals surface area contributed by atoms with Crippen LogP contribution in [0, 0.1) is 17.0 Å². The van der Waals surface area contributed by atoms with Crippen LogP contribution >= 0.6 is 0 Å². The van der Waals surface area contributed by atoms with Crippen LogP contribution in [-0.2, 0) is 4.74 Å². The summed E-state index contributed by atoms with van der Waals surface area (Å²) in [7, 11) is 3.45. The molecule has 2 N–H and O–H groups in total. The molecule has 0 aromatic heterocycles. The molecular formula is C19H27F2N3O. The van der Waals surface area contributed by atoms with Gasteiger partial charge in [0.1, 0.15) is 11.6 Å². The van der Waals surface area contributed by atoms with E-state index < -0.39 is 11.6 Å². The Kier molecular flexibility index (Phi) is 5.57. The molecular weight excluding hydrogens is 324 g/mol. The van der Waals surface area contributed by atoms with Crippen LogP contribution < -0.4 is 10.6 Å². The van der Waals surface area contributed by atoms with Crippen LogP contribution in [0.4, 0.5) is 8.78 Å². The van der Waals surface area contributed by atoms with Crippen LogP contribution in [0.25, 0.3) is 0 Å². The summed E-state index contributed by atoms with van der Waals surface area (Å²) in [5.41, 5.74) is 0.472. The molecule has 0 spiro atoms. The second-order valence-corrected chi connectivity index (χ2v) is 7.25. The average Bonchev–Trinajstić information content (AvgIpc) is 3.31. The maximum atomic E-state index is 13.9. The van der Waals surface area contributed by atoms with Gasteiger partial charge in [0.15, 0.2) is 5.96 Å². The lowest BCUT2D eigenvalue weighted by atomic mass is 9.67. The molecule has 25 heavy (non-hydrogen) atoms. The summed E-state index contributed by atoms with van der Waals surface area (Å²) in [5, 5.41) is 6.68. The molecule has 0 aliphatic heterocycles. The summed E-state index contributed by atoms with van der Waals surface area (Å²) in [6.45, 7) is 1.62. The molecule has 2 saturated carbocycles. The number of hydrogen-bond acceptors (Lipinski definition) is 2. The summed E-state index contributed by atoms with van der Waals surface area (Å²) in [4.78, 5) is 4.26. The highest BCUT2D eigenvalue weighted by Crippen LogP contribution is 2.44. The predicted octanol–water partition coefficient (Wildman–Crippen LogP) is 3.19. The molecule has 6 heteroatoms. The van der Waals surface area contributed by atoms with Crippen molar-refractivity contribution in [2.75, 3.05) is 27.3 Å². The van der Waals surface area contributed by atoms with Crippen molar-refractivity contribution in [2.24, 2.45) is 10.4 Å². The number of rotatable bonds is 7. The minimum absolute atomic E-state index is 0.0221. The highest BCUT2D eigenvalue weighted by Gasteiger charge is 2.43. The summed E-state index contributed by atoms with van der Waals surface area (Å²) in [5.74, 6) is -0.366. The molecule has 0 amide bonds. The van der Waals surface area contributed by atoms with Gasteiger partial charge >= 0.3 is 0 Å². The van der Waals surface area contributed by atoms with Crippen molar-refractivity contribution in [3.8, 4) is 0 Å². The average molecular weight is 351 g/mol. The second kappa shape index (κ2) is 7.68. The lowest BCUT2D eigenvalue weighted by molar-refractivity contribution is 0.0732. The van der Waals surface area contributed by atoms with Crippen LogP contribution in [0.15, 0.2) is 23.2 Å². The number of nitrogens with zero attached hydrogens (tertiary/aromatic N) is 1. The van der Waals surface area contributed by atoms with Gasteiger partial charge in [-0.1, -0.05) is 12.5 Å². The minimum Gasteiger partial charge on any atom is -0.385 e. The van der Waals surface area contributed by atoms with E-state index >= 15 is 0 Å². The number of guanidine groups is 1. The lowest BCUT2D eigenvalue weighted by Gasteiger charge is -2.42. The maximum Gasteiger partial charge on any atom is 0.191 e. The number of hydrogen-bond donors (Lipinski definition) is 2. The van der Waals surface area contributed by atoms with E-state index in [4.69, 9.17) is 4.74 Å². The first-order valence-electron chi connectivity index (χ1n) is 8.98. The highest BCUT2D eigenvalue weighted by atomic mass is 19.1. The number of aliphatic imine (C=N–C) groups is 1. The number of methoxy groups -OCH3 is 1. The van der Waals surface area contributed by atoms with Crippen molar-refractivity contribution in [2.45, 2.75) is 44.1 Å². The Hall–Kier alpha value is -1.69. The van der Waals surface area contributed by atoms with E-state index in [1.165, 1.54) is 37.5 Å². The van der Waals surface area contributed by atoms with Crippen LogP contribution in [0.2, 0.25) is 0 Å². The molecule has 2 unspecified atom stereocenters. The molecule has 138 valence electrons. The van der Waals surface area contributed by atoms with Crippen LogP contribution in [-0.4, -0.2) is 39.3 Å². The molecule has 2 aliphatic carbocycles. The Balaban J connectivity index is 1.52. The third-order valence-electron chi connectivity index (χ3n) is 5.59. The van der Waals surface area contributed by atoms with Crippen LogP contribution in [0.5, 0.6) is 0 Å². The van der Waals surface area contributed by atoms with E-state index in [-0.39, 0.29) is 22.9 Å². The molecule has 0 bridgehead atoms. The summed E-state index contributed by atoms with van der Waals surface area (Å²) in [6, 6.07) is 4.06. The normalized spacial score (nSPS) is 24.6. The zero-order valence-corrected chi connectivity index (χ0v) is 14.9. The second-order valence-electron chi connectivity index (χ2n) is 7.25. The topological polar surface area (TPSA) is 45.7 Å². The Morgan fingerprint density at radius 2 is 2.04 bits per heavy atom. The van der Waals surface area contributed by atoms with Gasteiger partial charge in [-0.3, -0.25) is 4.99 Å².